The number of carbonyl (C=O) groups is 1. The fourth-order valence-electron chi connectivity index (χ4n) is 3.48. The molecule has 2 aromatic rings. The minimum absolute atomic E-state index is 0.0223. The molecule has 1 N–H and O–H groups in total. The molecule has 1 heterocycles. The van der Waals surface area contributed by atoms with Crippen molar-refractivity contribution in [1.29, 1.82) is 5.26 Å². The lowest BCUT2D eigenvalue weighted by Gasteiger charge is -2.28. The van der Waals surface area contributed by atoms with E-state index in [1.54, 1.807) is 12.1 Å². The van der Waals surface area contributed by atoms with Gasteiger partial charge in [-0.3, -0.25) is 0 Å². The van der Waals surface area contributed by atoms with Crippen LogP contribution in [0.3, 0.4) is 0 Å². The van der Waals surface area contributed by atoms with Gasteiger partial charge in [-0.15, -0.1) is 0 Å². The summed E-state index contributed by atoms with van der Waals surface area (Å²) in [5.41, 5.74) is 2.22. The fourth-order valence-corrected chi connectivity index (χ4v) is 3.48. The zero-order chi connectivity index (χ0) is 21.7. The number of hydrogen-bond acceptors (Lipinski definition) is 3. The molecule has 3 rings (SSSR count). The lowest BCUT2D eigenvalue weighted by molar-refractivity contribution is -0.187. The number of halogens is 3. The summed E-state index contributed by atoms with van der Waals surface area (Å²) < 4.78 is 45.2. The van der Waals surface area contributed by atoms with Crippen molar-refractivity contribution in [3.63, 3.8) is 0 Å². The number of carboxylic acid groups (broad SMARTS) is 1. The van der Waals surface area contributed by atoms with Gasteiger partial charge in [-0.1, -0.05) is 30.3 Å². The number of aliphatic carboxylic acids is 1. The maximum Gasteiger partial charge on any atom is 0.430 e. The molecule has 156 valence electrons. The van der Waals surface area contributed by atoms with E-state index in [0.717, 1.165) is 29.2 Å². The van der Waals surface area contributed by atoms with Crippen molar-refractivity contribution in [2.45, 2.75) is 44.4 Å². The van der Waals surface area contributed by atoms with Gasteiger partial charge in [-0.25, -0.2) is 4.79 Å². The second kappa shape index (κ2) is 9.04. The first-order valence-electron chi connectivity index (χ1n) is 9.54. The smallest absolute Gasteiger partial charge is 0.430 e. The molecular formula is C23H20F3NO3. The normalized spacial score (nSPS) is 15.5. The van der Waals surface area contributed by atoms with Gasteiger partial charge in [0.1, 0.15) is 5.75 Å². The number of unbranched alkanes of at least 4 members (excludes halogenated alkanes) is 2. The quantitative estimate of drug-likeness (QED) is 0.623. The number of alkyl halides is 3. The Labute approximate surface area is 172 Å². The standard InChI is InChI=1S/C23H20F3NO3/c24-23(25,26)21-19(22(28)29)13-18-12-16(9-5-2-6-10-27)17(14-20(18)30-21)11-15-7-3-1-4-8-15/h1,3-4,7-8,12-14,21H,2,5-6,9,11H2,(H,28,29). The van der Waals surface area contributed by atoms with Crippen molar-refractivity contribution in [3.05, 3.63) is 70.3 Å². The van der Waals surface area contributed by atoms with Crippen molar-refractivity contribution in [1.82, 2.24) is 0 Å². The molecule has 1 unspecified atom stereocenters. The topological polar surface area (TPSA) is 70.3 Å². The minimum Gasteiger partial charge on any atom is -0.478 e. The largest absolute Gasteiger partial charge is 0.478 e. The number of hydrogen-bond donors (Lipinski definition) is 1. The van der Waals surface area contributed by atoms with Crippen molar-refractivity contribution >= 4 is 12.0 Å². The third-order valence-electron chi connectivity index (χ3n) is 4.94. The Balaban J connectivity index is 2.01. The number of rotatable bonds is 7. The molecular weight excluding hydrogens is 395 g/mol. The van der Waals surface area contributed by atoms with Crippen LogP contribution in [0, 0.1) is 11.3 Å². The molecule has 0 fully saturated rings. The molecule has 0 spiro atoms. The van der Waals surface area contributed by atoms with Gasteiger partial charge in [0.25, 0.3) is 0 Å². The maximum absolute atomic E-state index is 13.4. The number of fused-ring (bicyclic) bond motifs is 1. The number of nitriles is 1. The maximum atomic E-state index is 13.4. The van der Waals surface area contributed by atoms with Crippen molar-refractivity contribution in [2.24, 2.45) is 0 Å². The third-order valence-corrected chi connectivity index (χ3v) is 4.94. The van der Waals surface area contributed by atoms with Crippen LogP contribution in [0.5, 0.6) is 5.75 Å². The SMILES string of the molecule is N#CCCCCc1cc2c(cc1Cc1ccccc1)OC(C(F)(F)F)C(C(=O)O)=C2. The number of aryl methyl sites for hydroxylation is 1. The Morgan fingerprint density at radius 2 is 1.87 bits per heavy atom. The lowest BCUT2D eigenvalue weighted by Crippen LogP contribution is -2.40. The molecule has 2 aromatic carbocycles. The molecule has 1 aliphatic heterocycles. The first-order valence-corrected chi connectivity index (χ1v) is 9.54. The molecule has 1 aliphatic rings. The number of ether oxygens (including phenoxy) is 1. The first kappa shape index (κ1) is 21.4. The highest BCUT2D eigenvalue weighted by molar-refractivity contribution is 5.95. The van der Waals surface area contributed by atoms with Crippen LogP contribution in [0.15, 0.2) is 48.0 Å². The summed E-state index contributed by atoms with van der Waals surface area (Å²) in [7, 11) is 0. The van der Waals surface area contributed by atoms with E-state index in [1.165, 1.54) is 0 Å². The van der Waals surface area contributed by atoms with Gasteiger partial charge in [-0.05, 0) is 60.6 Å². The molecule has 4 nitrogen and oxygen atoms in total. The van der Waals surface area contributed by atoms with E-state index in [4.69, 9.17) is 10.00 Å². The molecule has 0 aliphatic carbocycles. The number of carboxylic acids is 1. The van der Waals surface area contributed by atoms with E-state index in [1.807, 2.05) is 30.3 Å². The highest BCUT2D eigenvalue weighted by Gasteiger charge is 2.48. The van der Waals surface area contributed by atoms with E-state index < -0.39 is 23.8 Å². The predicted octanol–water partition coefficient (Wildman–Crippen LogP) is 5.31. The van der Waals surface area contributed by atoms with Crippen LogP contribution in [0.1, 0.15) is 41.5 Å². The molecule has 0 radical (unpaired) electrons. The van der Waals surface area contributed by atoms with Gasteiger partial charge < -0.3 is 9.84 Å². The van der Waals surface area contributed by atoms with Crippen LogP contribution in [0.25, 0.3) is 6.08 Å². The molecule has 0 bridgehead atoms. The second-order valence-corrected chi connectivity index (χ2v) is 7.13. The summed E-state index contributed by atoms with van der Waals surface area (Å²) in [6, 6.07) is 14.9. The van der Waals surface area contributed by atoms with Crippen LogP contribution >= 0.6 is 0 Å². The lowest BCUT2D eigenvalue weighted by atomic mass is 9.91. The van der Waals surface area contributed by atoms with Crippen molar-refractivity contribution < 1.29 is 27.8 Å². The Kier molecular flexibility index (Phi) is 6.46. The van der Waals surface area contributed by atoms with E-state index >= 15 is 0 Å². The van der Waals surface area contributed by atoms with E-state index in [2.05, 4.69) is 6.07 Å². The number of benzene rings is 2. The second-order valence-electron chi connectivity index (χ2n) is 7.13. The summed E-state index contributed by atoms with van der Waals surface area (Å²) >= 11 is 0. The van der Waals surface area contributed by atoms with Gasteiger partial charge in [0.2, 0.25) is 6.10 Å². The highest BCUT2D eigenvalue weighted by atomic mass is 19.4. The summed E-state index contributed by atoms with van der Waals surface area (Å²) in [4.78, 5) is 11.4. The molecule has 30 heavy (non-hydrogen) atoms. The van der Waals surface area contributed by atoms with Crippen molar-refractivity contribution in [3.8, 4) is 11.8 Å². The molecule has 0 saturated heterocycles. The summed E-state index contributed by atoms with van der Waals surface area (Å²) in [6.07, 6.45) is -3.27. The zero-order valence-electron chi connectivity index (χ0n) is 16.1. The third kappa shape index (κ3) is 5.01. The van der Waals surface area contributed by atoms with E-state index in [-0.39, 0.29) is 5.75 Å². The Morgan fingerprint density at radius 1 is 1.13 bits per heavy atom. The average molecular weight is 415 g/mol. The molecule has 1 atom stereocenters. The predicted molar refractivity (Wildman–Crippen MR) is 105 cm³/mol. The zero-order valence-corrected chi connectivity index (χ0v) is 16.1. The molecule has 0 aromatic heterocycles. The molecule has 0 amide bonds. The van der Waals surface area contributed by atoms with Crippen LogP contribution < -0.4 is 4.74 Å². The summed E-state index contributed by atoms with van der Waals surface area (Å²) in [6.45, 7) is 0. The highest BCUT2D eigenvalue weighted by Crippen LogP contribution is 2.39. The van der Waals surface area contributed by atoms with E-state index in [9.17, 15) is 23.1 Å². The van der Waals surface area contributed by atoms with Gasteiger partial charge in [-0.2, -0.15) is 18.4 Å². The Bertz CT molecular complexity index is 991. The fraction of sp³-hybridized carbons (Fsp3) is 0.304. The van der Waals surface area contributed by atoms with Gasteiger partial charge in [0, 0.05) is 12.0 Å². The van der Waals surface area contributed by atoms with Gasteiger partial charge in [0.15, 0.2) is 0 Å². The summed E-state index contributed by atoms with van der Waals surface area (Å²) in [5.74, 6) is -1.64. The van der Waals surface area contributed by atoms with Crippen molar-refractivity contribution in [2.75, 3.05) is 0 Å². The molecule has 0 saturated carbocycles. The first-order chi connectivity index (χ1) is 14.3. The minimum atomic E-state index is -4.84. The van der Waals surface area contributed by atoms with Gasteiger partial charge >= 0.3 is 12.1 Å². The molecule has 7 heteroatoms. The van der Waals surface area contributed by atoms with Crippen LogP contribution in [-0.4, -0.2) is 23.4 Å². The Hall–Kier alpha value is -3.27. The average Bonchev–Trinajstić information content (AvgIpc) is 2.70. The Morgan fingerprint density at radius 3 is 2.50 bits per heavy atom. The van der Waals surface area contributed by atoms with E-state index in [0.29, 0.717) is 31.2 Å². The van der Waals surface area contributed by atoms with Crippen LogP contribution in [-0.2, 0) is 17.6 Å². The number of nitrogens with zero attached hydrogens (tertiary/aromatic N) is 1. The monoisotopic (exact) mass is 415 g/mol. The summed E-state index contributed by atoms with van der Waals surface area (Å²) in [5, 5.41) is 18.0. The van der Waals surface area contributed by atoms with Crippen LogP contribution in [0.4, 0.5) is 13.2 Å². The van der Waals surface area contributed by atoms with Gasteiger partial charge in [0.05, 0.1) is 11.6 Å². The van der Waals surface area contributed by atoms with Crippen LogP contribution in [0.2, 0.25) is 0 Å².